The van der Waals surface area contributed by atoms with Crippen LogP contribution in [-0.2, 0) is 17.6 Å². The number of aryl methyl sites for hydroxylation is 1. The molecule has 88 valence electrons. The van der Waals surface area contributed by atoms with Crippen LogP contribution in [0.3, 0.4) is 0 Å². The van der Waals surface area contributed by atoms with Gasteiger partial charge in [0.2, 0.25) is 0 Å². The first-order valence-corrected chi connectivity index (χ1v) is 5.48. The van der Waals surface area contributed by atoms with Gasteiger partial charge in [0.25, 0.3) is 0 Å². The van der Waals surface area contributed by atoms with Crippen LogP contribution in [0.15, 0.2) is 24.3 Å². The molecule has 0 amide bonds. The second kappa shape index (κ2) is 4.88. The fraction of sp³-hybridized carbons (Fsp3) is 0.462. The van der Waals surface area contributed by atoms with Crippen LogP contribution in [-0.4, -0.2) is 11.1 Å². The van der Waals surface area contributed by atoms with Crippen molar-refractivity contribution in [1.82, 2.24) is 0 Å². The molecule has 0 aliphatic heterocycles. The van der Waals surface area contributed by atoms with Crippen molar-refractivity contribution in [2.45, 2.75) is 32.6 Å². The van der Waals surface area contributed by atoms with Gasteiger partial charge in [-0.2, -0.15) is 0 Å². The van der Waals surface area contributed by atoms with Gasteiger partial charge in [-0.05, 0) is 36.8 Å². The first-order valence-electron chi connectivity index (χ1n) is 5.48. The first-order chi connectivity index (χ1) is 7.18. The molecular weight excluding hydrogens is 224 g/mol. The number of hydrogen-bond acceptors (Lipinski definition) is 1. The first kappa shape index (κ1) is 13.0. The zero-order chi connectivity index (χ0) is 10.9. The third-order valence-corrected chi connectivity index (χ3v) is 3.65. The lowest BCUT2D eigenvalue weighted by Crippen LogP contribution is -2.36. The number of aliphatic carboxylic acids is 1. The standard InChI is InChI=1S/C13H16O2.ClH/c1-2-13(12(14)15)8-7-10-5-3-4-6-11(10)9-13;/h3-6H,2,7-9H2,1H3,(H,14,15);1H. The Hall–Kier alpha value is -1.02. The zero-order valence-electron chi connectivity index (χ0n) is 9.40. The van der Waals surface area contributed by atoms with E-state index in [9.17, 15) is 9.90 Å². The summed E-state index contributed by atoms with van der Waals surface area (Å²) in [6, 6.07) is 8.18. The van der Waals surface area contributed by atoms with Crippen molar-refractivity contribution in [3.8, 4) is 0 Å². The van der Waals surface area contributed by atoms with Gasteiger partial charge in [-0.25, -0.2) is 0 Å². The molecule has 0 bridgehead atoms. The Morgan fingerprint density at radius 2 is 2.00 bits per heavy atom. The molecule has 0 heterocycles. The van der Waals surface area contributed by atoms with E-state index in [-0.39, 0.29) is 12.4 Å². The fourth-order valence-electron chi connectivity index (χ4n) is 2.44. The molecule has 0 aromatic heterocycles. The molecule has 0 saturated heterocycles. The van der Waals surface area contributed by atoms with E-state index in [1.54, 1.807) is 0 Å². The lowest BCUT2D eigenvalue weighted by molar-refractivity contribution is -0.150. The SMILES string of the molecule is CCC1(C(=O)O)CCc2ccccc2C1.Cl. The highest BCUT2D eigenvalue weighted by Gasteiger charge is 2.39. The van der Waals surface area contributed by atoms with Crippen LogP contribution >= 0.6 is 12.4 Å². The Bertz CT molecular complexity index is 389. The van der Waals surface area contributed by atoms with Gasteiger partial charge in [0.15, 0.2) is 0 Å². The van der Waals surface area contributed by atoms with E-state index in [1.165, 1.54) is 11.1 Å². The lowest BCUT2D eigenvalue weighted by atomic mass is 9.70. The average molecular weight is 241 g/mol. The molecule has 1 aromatic carbocycles. The topological polar surface area (TPSA) is 37.3 Å². The van der Waals surface area contributed by atoms with E-state index in [0.29, 0.717) is 6.42 Å². The molecule has 1 aliphatic carbocycles. The highest BCUT2D eigenvalue weighted by atomic mass is 35.5. The van der Waals surface area contributed by atoms with Crippen molar-refractivity contribution in [1.29, 1.82) is 0 Å². The Kier molecular flexibility index (Phi) is 3.98. The van der Waals surface area contributed by atoms with Gasteiger partial charge < -0.3 is 5.11 Å². The van der Waals surface area contributed by atoms with Crippen LogP contribution in [0.1, 0.15) is 30.9 Å². The van der Waals surface area contributed by atoms with Crippen molar-refractivity contribution in [2.75, 3.05) is 0 Å². The van der Waals surface area contributed by atoms with E-state index < -0.39 is 11.4 Å². The number of carbonyl (C=O) groups is 1. The van der Waals surface area contributed by atoms with Gasteiger partial charge in [-0.15, -0.1) is 12.4 Å². The number of fused-ring (bicyclic) bond motifs is 1. The van der Waals surface area contributed by atoms with E-state index in [1.807, 2.05) is 19.1 Å². The molecule has 1 aromatic rings. The van der Waals surface area contributed by atoms with E-state index in [2.05, 4.69) is 12.1 Å². The van der Waals surface area contributed by atoms with Crippen LogP contribution in [0.5, 0.6) is 0 Å². The van der Waals surface area contributed by atoms with Gasteiger partial charge in [-0.1, -0.05) is 31.2 Å². The van der Waals surface area contributed by atoms with Crippen molar-refractivity contribution in [3.05, 3.63) is 35.4 Å². The number of halogens is 1. The maximum absolute atomic E-state index is 11.3. The van der Waals surface area contributed by atoms with Crippen LogP contribution in [0.25, 0.3) is 0 Å². The summed E-state index contributed by atoms with van der Waals surface area (Å²) in [5.41, 5.74) is 2.02. The largest absolute Gasteiger partial charge is 0.481 e. The number of carboxylic acids is 1. The summed E-state index contributed by atoms with van der Waals surface area (Å²) in [5.74, 6) is -0.639. The molecule has 1 aliphatic rings. The van der Waals surface area contributed by atoms with Gasteiger partial charge in [0.1, 0.15) is 0 Å². The fourth-order valence-corrected chi connectivity index (χ4v) is 2.44. The van der Waals surface area contributed by atoms with E-state index in [4.69, 9.17) is 0 Å². The van der Waals surface area contributed by atoms with Gasteiger partial charge in [-0.3, -0.25) is 4.79 Å². The highest BCUT2D eigenvalue weighted by molar-refractivity contribution is 5.85. The summed E-state index contributed by atoms with van der Waals surface area (Å²) >= 11 is 0. The minimum Gasteiger partial charge on any atom is -0.481 e. The highest BCUT2D eigenvalue weighted by Crippen LogP contribution is 2.38. The molecule has 2 rings (SSSR count). The number of hydrogen-bond donors (Lipinski definition) is 1. The second-order valence-corrected chi connectivity index (χ2v) is 4.38. The maximum atomic E-state index is 11.3. The Morgan fingerprint density at radius 1 is 1.38 bits per heavy atom. The van der Waals surface area contributed by atoms with E-state index >= 15 is 0 Å². The number of rotatable bonds is 2. The molecule has 16 heavy (non-hydrogen) atoms. The minimum atomic E-state index is -0.639. The van der Waals surface area contributed by atoms with Crippen molar-refractivity contribution in [3.63, 3.8) is 0 Å². The van der Waals surface area contributed by atoms with Crippen LogP contribution in [0.4, 0.5) is 0 Å². The molecule has 1 atom stereocenters. The predicted octanol–water partition coefficient (Wildman–Crippen LogP) is 3.08. The molecule has 0 radical (unpaired) electrons. The molecular formula is C13H17ClO2. The molecule has 2 nitrogen and oxygen atoms in total. The van der Waals surface area contributed by atoms with Crippen molar-refractivity contribution in [2.24, 2.45) is 5.41 Å². The lowest BCUT2D eigenvalue weighted by Gasteiger charge is -2.33. The molecule has 3 heteroatoms. The normalized spacial score (nSPS) is 23.1. The Labute approximate surface area is 102 Å². The molecule has 0 fully saturated rings. The number of benzene rings is 1. The molecule has 1 unspecified atom stereocenters. The monoisotopic (exact) mass is 240 g/mol. The molecule has 1 N–H and O–H groups in total. The van der Waals surface area contributed by atoms with Crippen molar-refractivity contribution < 1.29 is 9.90 Å². The summed E-state index contributed by atoms with van der Waals surface area (Å²) < 4.78 is 0. The van der Waals surface area contributed by atoms with Gasteiger partial charge >= 0.3 is 5.97 Å². The molecule has 0 spiro atoms. The number of carboxylic acid groups (broad SMARTS) is 1. The zero-order valence-corrected chi connectivity index (χ0v) is 10.2. The molecule has 0 saturated carbocycles. The summed E-state index contributed by atoms with van der Waals surface area (Å²) in [6.07, 6.45) is 3.08. The van der Waals surface area contributed by atoms with Crippen LogP contribution in [0.2, 0.25) is 0 Å². The second-order valence-electron chi connectivity index (χ2n) is 4.38. The van der Waals surface area contributed by atoms with Crippen LogP contribution in [0, 0.1) is 5.41 Å². The summed E-state index contributed by atoms with van der Waals surface area (Å²) in [6.45, 7) is 1.97. The quantitative estimate of drug-likeness (QED) is 0.863. The summed E-state index contributed by atoms with van der Waals surface area (Å²) in [5, 5.41) is 9.31. The van der Waals surface area contributed by atoms with Gasteiger partial charge in [0.05, 0.1) is 5.41 Å². The Morgan fingerprint density at radius 3 is 2.56 bits per heavy atom. The smallest absolute Gasteiger partial charge is 0.309 e. The Balaban J connectivity index is 0.00000128. The van der Waals surface area contributed by atoms with Crippen molar-refractivity contribution >= 4 is 18.4 Å². The summed E-state index contributed by atoms with van der Waals surface area (Å²) in [4.78, 5) is 11.3. The predicted molar refractivity (Wildman–Crippen MR) is 66.1 cm³/mol. The minimum absolute atomic E-state index is 0. The summed E-state index contributed by atoms with van der Waals surface area (Å²) in [7, 11) is 0. The van der Waals surface area contributed by atoms with Gasteiger partial charge in [0, 0.05) is 0 Å². The van der Waals surface area contributed by atoms with E-state index in [0.717, 1.165) is 19.3 Å². The third kappa shape index (κ3) is 2.07. The average Bonchev–Trinajstić information content (AvgIpc) is 2.28. The van der Waals surface area contributed by atoms with Crippen LogP contribution < -0.4 is 0 Å². The maximum Gasteiger partial charge on any atom is 0.309 e. The third-order valence-electron chi connectivity index (χ3n) is 3.65.